The fourth-order valence-electron chi connectivity index (χ4n) is 2.04. The Morgan fingerprint density at radius 1 is 1.19 bits per heavy atom. The standard InChI is InChI=1S/C17H16N4O2S3/c1-23-12-8-6-11(7-9-12)18-16(24)21-20-15(22)10-25-17-19-13-4-2-3-5-14(13)26-17/h2-9H,10H2,1H3,(H,20,22)(H2,18,21,24). The van der Waals surface area contributed by atoms with E-state index >= 15 is 0 Å². The molecule has 0 unspecified atom stereocenters. The van der Waals surface area contributed by atoms with Crippen molar-refractivity contribution < 1.29 is 9.53 Å². The number of anilines is 1. The summed E-state index contributed by atoms with van der Waals surface area (Å²) in [6, 6.07) is 15.2. The molecule has 1 aromatic heterocycles. The maximum Gasteiger partial charge on any atom is 0.248 e. The number of rotatable bonds is 5. The van der Waals surface area contributed by atoms with Crippen LogP contribution in [0.3, 0.4) is 0 Å². The van der Waals surface area contributed by atoms with Gasteiger partial charge in [0.1, 0.15) is 5.75 Å². The van der Waals surface area contributed by atoms with Crippen molar-refractivity contribution in [3.05, 3.63) is 48.5 Å². The van der Waals surface area contributed by atoms with Crippen LogP contribution in [-0.4, -0.2) is 28.9 Å². The Kier molecular flexibility index (Phi) is 6.26. The second-order valence-corrected chi connectivity index (χ2v) is 7.75. The van der Waals surface area contributed by atoms with Crippen LogP contribution in [0.4, 0.5) is 5.69 Å². The number of nitrogens with zero attached hydrogens (tertiary/aromatic N) is 1. The number of nitrogens with one attached hydrogen (secondary N) is 3. The Labute approximate surface area is 164 Å². The molecule has 1 heterocycles. The summed E-state index contributed by atoms with van der Waals surface area (Å²) in [5.41, 5.74) is 6.99. The molecule has 0 aliphatic carbocycles. The molecule has 0 saturated carbocycles. The number of methoxy groups -OCH3 is 1. The van der Waals surface area contributed by atoms with Crippen molar-refractivity contribution in [2.45, 2.75) is 4.34 Å². The number of thiocarbonyl (C=S) groups is 1. The van der Waals surface area contributed by atoms with Gasteiger partial charge >= 0.3 is 0 Å². The minimum absolute atomic E-state index is 0.187. The van der Waals surface area contributed by atoms with Gasteiger partial charge in [0.25, 0.3) is 0 Å². The van der Waals surface area contributed by atoms with Gasteiger partial charge in [-0.05, 0) is 48.6 Å². The summed E-state index contributed by atoms with van der Waals surface area (Å²) >= 11 is 8.11. The molecule has 0 aliphatic rings. The monoisotopic (exact) mass is 404 g/mol. The Morgan fingerprint density at radius 3 is 2.69 bits per heavy atom. The fourth-order valence-corrected chi connectivity index (χ4v) is 4.08. The van der Waals surface area contributed by atoms with Crippen LogP contribution in [0.15, 0.2) is 52.9 Å². The highest BCUT2D eigenvalue weighted by Gasteiger charge is 2.08. The summed E-state index contributed by atoms with van der Waals surface area (Å²) in [4.78, 5) is 16.4. The molecular formula is C17H16N4O2S3. The van der Waals surface area contributed by atoms with Gasteiger partial charge in [0.15, 0.2) is 9.45 Å². The first-order chi connectivity index (χ1) is 12.6. The predicted molar refractivity (Wildman–Crippen MR) is 111 cm³/mol. The molecule has 3 rings (SSSR count). The summed E-state index contributed by atoms with van der Waals surface area (Å²) in [5.74, 6) is 0.820. The van der Waals surface area contributed by atoms with Crippen molar-refractivity contribution in [1.29, 1.82) is 0 Å². The quantitative estimate of drug-likeness (QED) is 0.342. The Morgan fingerprint density at radius 2 is 1.96 bits per heavy atom. The topological polar surface area (TPSA) is 75.3 Å². The lowest BCUT2D eigenvalue weighted by molar-refractivity contribution is -0.119. The maximum absolute atomic E-state index is 12.0. The van der Waals surface area contributed by atoms with E-state index in [1.807, 2.05) is 48.5 Å². The lowest BCUT2D eigenvalue weighted by atomic mass is 10.3. The summed E-state index contributed by atoms with van der Waals surface area (Å²) in [7, 11) is 1.61. The number of para-hydroxylation sites is 1. The van der Waals surface area contributed by atoms with E-state index in [0.29, 0.717) is 5.11 Å². The van der Waals surface area contributed by atoms with E-state index in [0.717, 1.165) is 26.0 Å². The predicted octanol–water partition coefficient (Wildman–Crippen LogP) is 3.41. The summed E-state index contributed by atoms with van der Waals surface area (Å²) in [5, 5.41) is 3.27. The molecule has 0 atom stereocenters. The zero-order chi connectivity index (χ0) is 18.4. The first-order valence-electron chi connectivity index (χ1n) is 7.62. The molecule has 0 bridgehead atoms. The number of fused-ring (bicyclic) bond motifs is 1. The number of ether oxygens (including phenoxy) is 1. The zero-order valence-corrected chi connectivity index (χ0v) is 16.3. The van der Waals surface area contributed by atoms with Crippen LogP contribution in [0.25, 0.3) is 10.2 Å². The molecule has 26 heavy (non-hydrogen) atoms. The van der Waals surface area contributed by atoms with Gasteiger partial charge in [0, 0.05) is 5.69 Å². The molecule has 3 N–H and O–H groups in total. The van der Waals surface area contributed by atoms with Crippen molar-refractivity contribution in [2.24, 2.45) is 0 Å². The second-order valence-electron chi connectivity index (χ2n) is 5.09. The molecule has 0 spiro atoms. The smallest absolute Gasteiger partial charge is 0.248 e. The van der Waals surface area contributed by atoms with E-state index in [1.165, 1.54) is 11.8 Å². The summed E-state index contributed by atoms with van der Waals surface area (Å²) in [6.45, 7) is 0. The van der Waals surface area contributed by atoms with Crippen LogP contribution in [0.2, 0.25) is 0 Å². The Balaban J connectivity index is 1.42. The largest absolute Gasteiger partial charge is 0.497 e. The van der Waals surface area contributed by atoms with Crippen LogP contribution in [0.5, 0.6) is 5.75 Å². The van der Waals surface area contributed by atoms with Crippen molar-refractivity contribution in [3.63, 3.8) is 0 Å². The molecular weight excluding hydrogens is 388 g/mol. The molecule has 0 radical (unpaired) electrons. The molecule has 134 valence electrons. The van der Waals surface area contributed by atoms with E-state index in [-0.39, 0.29) is 11.7 Å². The number of hydrogen-bond donors (Lipinski definition) is 3. The minimum atomic E-state index is -0.187. The van der Waals surface area contributed by atoms with Gasteiger partial charge in [-0.2, -0.15) is 0 Å². The molecule has 0 saturated heterocycles. The average molecular weight is 405 g/mol. The van der Waals surface area contributed by atoms with Crippen molar-refractivity contribution in [1.82, 2.24) is 15.8 Å². The van der Waals surface area contributed by atoms with Crippen molar-refractivity contribution in [2.75, 3.05) is 18.2 Å². The highest BCUT2D eigenvalue weighted by molar-refractivity contribution is 8.01. The first kappa shape index (κ1) is 18.4. The van der Waals surface area contributed by atoms with Crippen molar-refractivity contribution in [3.8, 4) is 5.75 Å². The normalized spacial score (nSPS) is 10.3. The number of thiazole rings is 1. The number of hydrazine groups is 1. The highest BCUT2D eigenvalue weighted by atomic mass is 32.2. The lowest BCUT2D eigenvalue weighted by Gasteiger charge is -2.11. The van der Waals surface area contributed by atoms with E-state index in [4.69, 9.17) is 17.0 Å². The summed E-state index contributed by atoms with van der Waals surface area (Å²) < 4.78 is 7.07. The van der Waals surface area contributed by atoms with Crippen LogP contribution in [-0.2, 0) is 4.79 Å². The zero-order valence-electron chi connectivity index (χ0n) is 13.8. The number of carbonyl (C=O) groups is 1. The third-order valence-electron chi connectivity index (χ3n) is 3.26. The molecule has 3 aromatic rings. The van der Waals surface area contributed by atoms with Gasteiger partial charge in [0.2, 0.25) is 5.91 Å². The fraction of sp³-hybridized carbons (Fsp3) is 0.118. The second kappa shape index (κ2) is 8.84. The van der Waals surface area contributed by atoms with Gasteiger partial charge in [-0.15, -0.1) is 11.3 Å². The minimum Gasteiger partial charge on any atom is -0.497 e. The van der Waals surface area contributed by atoms with Gasteiger partial charge < -0.3 is 10.1 Å². The van der Waals surface area contributed by atoms with E-state index in [9.17, 15) is 4.79 Å². The van der Waals surface area contributed by atoms with Crippen LogP contribution < -0.4 is 20.9 Å². The number of carbonyl (C=O) groups excluding carboxylic acids is 1. The summed E-state index contributed by atoms with van der Waals surface area (Å²) in [6.07, 6.45) is 0. The number of thioether (sulfide) groups is 1. The molecule has 0 fully saturated rings. The van der Waals surface area contributed by atoms with Gasteiger partial charge in [-0.25, -0.2) is 4.98 Å². The average Bonchev–Trinajstić information content (AvgIpc) is 3.08. The SMILES string of the molecule is COc1ccc(NC(=S)NNC(=O)CSc2nc3ccccc3s2)cc1. The molecule has 9 heteroatoms. The van der Waals surface area contributed by atoms with Gasteiger partial charge in [-0.1, -0.05) is 23.9 Å². The van der Waals surface area contributed by atoms with E-state index < -0.39 is 0 Å². The van der Waals surface area contributed by atoms with Gasteiger partial charge in [0.05, 0.1) is 23.1 Å². The van der Waals surface area contributed by atoms with Crippen LogP contribution >= 0.6 is 35.3 Å². The third kappa shape index (κ3) is 5.07. The third-order valence-corrected chi connectivity index (χ3v) is 5.65. The van der Waals surface area contributed by atoms with Crippen molar-refractivity contribution >= 4 is 62.2 Å². The Bertz CT molecular complexity index is 879. The highest BCUT2D eigenvalue weighted by Crippen LogP contribution is 2.28. The molecule has 1 amide bonds. The number of aromatic nitrogens is 1. The maximum atomic E-state index is 12.0. The van der Waals surface area contributed by atoms with Gasteiger partial charge in [-0.3, -0.25) is 15.6 Å². The molecule has 0 aliphatic heterocycles. The van der Waals surface area contributed by atoms with E-state index in [2.05, 4.69) is 21.2 Å². The molecule has 2 aromatic carbocycles. The first-order valence-corrected chi connectivity index (χ1v) is 9.83. The van der Waals surface area contributed by atoms with E-state index in [1.54, 1.807) is 18.4 Å². The van der Waals surface area contributed by atoms with Crippen LogP contribution in [0.1, 0.15) is 0 Å². The van der Waals surface area contributed by atoms with Crippen LogP contribution in [0, 0.1) is 0 Å². The number of hydrogen-bond acceptors (Lipinski definition) is 6. The number of benzene rings is 2. The number of amides is 1. The molecule has 6 nitrogen and oxygen atoms in total. The Hall–Kier alpha value is -2.36. The lowest BCUT2D eigenvalue weighted by Crippen LogP contribution is -2.44.